The zero-order valence-corrected chi connectivity index (χ0v) is 23.7. The first kappa shape index (κ1) is 27.2. The van der Waals surface area contributed by atoms with Gasteiger partial charge in [-0.25, -0.2) is 4.52 Å². The van der Waals surface area contributed by atoms with Crippen LogP contribution in [0, 0.1) is 18.3 Å². The van der Waals surface area contributed by atoms with Crippen molar-refractivity contribution in [3.63, 3.8) is 0 Å². The molecule has 202 valence electrons. The van der Waals surface area contributed by atoms with Gasteiger partial charge in [0.2, 0.25) is 5.78 Å². The van der Waals surface area contributed by atoms with Crippen molar-refractivity contribution in [3.05, 3.63) is 87.1 Å². The topological polar surface area (TPSA) is 85.2 Å². The molecule has 0 saturated heterocycles. The molecule has 8 heteroatoms. The minimum atomic E-state index is 0.0470. The van der Waals surface area contributed by atoms with Crippen LogP contribution in [0.5, 0.6) is 0 Å². The van der Waals surface area contributed by atoms with Crippen LogP contribution in [0.1, 0.15) is 73.3 Å². The summed E-state index contributed by atoms with van der Waals surface area (Å²) < 4.78 is 9.81. The van der Waals surface area contributed by atoms with E-state index in [-0.39, 0.29) is 17.7 Å². The number of aromatic nitrogens is 4. The number of thioether (sulfide) groups is 1. The zero-order valence-electron chi connectivity index (χ0n) is 22.9. The Morgan fingerprint density at radius 3 is 2.54 bits per heavy atom. The minimum Gasteiger partial charge on any atom is -0.368 e. The van der Waals surface area contributed by atoms with Crippen molar-refractivity contribution in [2.75, 3.05) is 12.2 Å². The summed E-state index contributed by atoms with van der Waals surface area (Å²) in [5.74, 6) is 2.04. The van der Waals surface area contributed by atoms with Crippen molar-refractivity contribution >= 4 is 17.5 Å². The number of hydrogen-bond donors (Lipinski definition) is 0. The van der Waals surface area contributed by atoms with E-state index in [0.29, 0.717) is 29.5 Å². The molecule has 5 rings (SSSR count). The molecule has 1 fully saturated rings. The van der Waals surface area contributed by atoms with E-state index in [4.69, 9.17) is 14.8 Å². The Bertz CT molecular complexity index is 1540. The summed E-state index contributed by atoms with van der Waals surface area (Å²) in [6.45, 7) is 4.02. The lowest BCUT2D eigenvalue weighted by Crippen LogP contribution is -2.35. The van der Waals surface area contributed by atoms with E-state index in [1.165, 1.54) is 0 Å². The van der Waals surface area contributed by atoms with Gasteiger partial charge in [-0.05, 0) is 68.0 Å². The summed E-state index contributed by atoms with van der Waals surface area (Å²) >= 11 is 1.70. The molecule has 0 spiro atoms. The molecule has 0 amide bonds. The van der Waals surface area contributed by atoms with Crippen LogP contribution in [0.3, 0.4) is 0 Å². The molecule has 7 nitrogen and oxygen atoms in total. The fraction of sp³-hybridized carbons (Fsp3) is 0.419. The third-order valence-corrected chi connectivity index (χ3v) is 7.97. The van der Waals surface area contributed by atoms with Crippen LogP contribution < -0.4 is 5.56 Å². The van der Waals surface area contributed by atoms with Gasteiger partial charge in [0.25, 0.3) is 5.56 Å². The lowest BCUT2D eigenvalue weighted by molar-refractivity contribution is 0.0486. The van der Waals surface area contributed by atoms with Gasteiger partial charge in [-0.1, -0.05) is 55.8 Å². The molecule has 0 aliphatic heterocycles. The summed E-state index contributed by atoms with van der Waals surface area (Å²) in [7, 11) is 0. The largest absolute Gasteiger partial charge is 0.368 e. The van der Waals surface area contributed by atoms with Crippen molar-refractivity contribution < 1.29 is 4.74 Å². The molecule has 1 saturated carbocycles. The average molecular weight is 542 g/mol. The van der Waals surface area contributed by atoms with Crippen LogP contribution in [-0.4, -0.2) is 37.5 Å². The number of aryl methyl sites for hydroxylation is 2. The van der Waals surface area contributed by atoms with Gasteiger partial charge in [0.15, 0.2) is 0 Å². The lowest BCUT2D eigenvalue weighted by Gasteiger charge is -2.30. The Kier molecular flexibility index (Phi) is 8.49. The van der Waals surface area contributed by atoms with Gasteiger partial charge in [-0.3, -0.25) is 9.36 Å². The highest BCUT2D eigenvalue weighted by molar-refractivity contribution is 7.98. The molecule has 1 aliphatic carbocycles. The molecular formula is C31H35N5O2S. The van der Waals surface area contributed by atoms with Crippen LogP contribution in [-0.2, 0) is 17.6 Å². The van der Waals surface area contributed by atoms with E-state index in [1.54, 1.807) is 11.8 Å². The van der Waals surface area contributed by atoms with Gasteiger partial charge >= 0.3 is 0 Å². The number of ether oxygens (including phenoxy) is 1. The number of nitrogens with zero attached hydrogens (tertiary/aromatic N) is 5. The number of rotatable bonds is 9. The Hall–Kier alpha value is -3.41. The Balaban J connectivity index is 1.52. The molecule has 0 N–H and O–H groups in total. The van der Waals surface area contributed by atoms with Crippen molar-refractivity contribution in [2.45, 2.75) is 70.9 Å². The maximum absolute atomic E-state index is 14.2. The molecule has 2 heterocycles. The van der Waals surface area contributed by atoms with Crippen molar-refractivity contribution in [3.8, 4) is 17.2 Å². The van der Waals surface area contributed by atoms with Gasteiger partial charge in [-0.15, -0.1) is 11.8 Å². The van der Waals surface area contributed by atoms with Crippen LogP contribution in [0.25, 0.3) is 16.9 Å². The highest BCUT2D eigenvalue weighted by Gasteiger charge is 2.28. The number of benzene rings is 2. The summed E-state index contributed by atoms with van der Waals surface area (Å²) in [6.07, 6.45) is 8.15. The third kappa shape index (κ3) is 5.66. The Morgan fingerprint density at radius 1 is 1.10 bits per heavy atom. The quantitative estimate of drug-likeness (QED) is 0.238. The van der Waals surface area contributed by atoms with E-state index in [9.17, 15) is 10.1 Å². The van der Waals surface area contributed by atoms with Crippen molar-refractivity contribution in [1.82, 2.24) is 19.2 Å². The van der Waals surface area contributed by atoms with Gasteiger partial charge in [0.05, 0.1) is 29.4 Å². The second-order valence-electron chi connectivity index (χ2n) is 10.3. The monoisotopic (exact) mass is 541 g/mol. The average Bonchev–Trinajstić information content (AvgIpc) is 3.35. The van der Waals surface area contributed by atoms with Crippen LogP contribution >= 0.6 is 11.8 Å². The summed E-state index contributed by atoms with van der Waals surface area (Å²) in [5, 5.41) is 14.3. The molecule has 39 heavy (non-hydrogen) atoms. The molecule has 2 aromatic carbocycles. The maximum Gasteiger partial charge on any atom is 0.259 e. The summed E-state index contributed by atoms with van der Waals surface area (Å²) in [5.41, 5.74) is 5.40. The highest BCUT2D eigenvalue weighted by Crippen LogP contribution is 2.31. The van der Waals surface area contributed by atoms with Crippen LogP contribution in [0.4, 0.5) is 0 Å². The Labute approximate surface area is 233 Å². The SMILES string of the molecule is CCCc1c(Cc2ccc(-c3ccccc3C#N)cc2)c(=O)n([C@H]2CC[C@H](OCSC)CC2)c2nc(C)nn12. The first-order chi connectivity index (χ1) is 19.0. The van der Waals surface area contributed by atoms with Gasteiger partial charge in [0, 0.05) is 18.0 Å². The second kappa shape index (κ2) is 12.2. The first-order valence-electron chi connectivity index (χ1n) is 13.7. The summed E-state index contributed by atoms with van der Waals surface area (Å²) in [4.78, 5) is 19.0. The fourth-order valence-corrected chi connectivity index (χ4v) is 6.03. The molecule has 0 bridgehead atoms. The van der Waals surface area contributed by atoms with Crippen LogP contribution in [0.15, 0.2) is 53.3 Å². The number of nitriles is 1. The predicted molar refractivity (Wildman–Crippen MR) is 156 cm³/mol. The highest BCUT2D eigenvalue weighted by atomic mass is 32.2. The molecule has 2 aromatic heterocycles. The Morgan fingerprint density at radius 2 is 1.85 bits per heavy atom. The number of fused-ring (bicyclic) bond motifs is 1. The molecule has 1 aliphatic rings. The zero-order chi connectivity index (χ0) is 27.4. The van der Waals surface area contributed by atoms with Gasteiger partial charge in [0.1, 0.15) is 5.82 Å². The van der Waals surface area contributed by atoms with Crippen molar-refractivity contribution in [1.29, 1.82) is 5.26 Å². The maximum atomic E-state index is 14.2. The molecular weight excluding hydrogens is 506 g/mol. The minimum absolute atomic E-state index is 0.0470. The second-order valence-corrected chi connectivity index (χ2v) is 11.1. The molecule has 0 unspecified atom stereocenters. The standard InChI is InChI=1S/C31H35N5O2S/c1-4-7-29-28(18-22-10-12-23(13-11-22)27-9-6-5-8-24(27)19-32)30(37)35(31-33-21(2)34-36(29)31)25-14-16-26(17-15-25)38-20-39-3/h5-6,8-13,25-26H,4,7,14-18,20H2,1-3H3/t25-,26-. The lowest BCUT2D eigenvalue weighted by atomic mass is 9.92. The van der Waals surface area contributed by atoms with E-state index < -0.39 is 0 Å². The van der Waals surface area contributed by atoms with E-state index >= 15 is 0 Å². The smallest absolute Gasteiger partial charge is 0.259 e. The third-order valence-electron chi connectivity index (χ3n) is 7.60. The molecule has 0 atom stereocenters. The predicted octanol–water partition coefficient (Wildman–Crippen LogP) is 6.10. The van der Waals surface area contributed by atoms with Gasteiger partial charge < -0.3 is 4.74 Å². The van der Waals surface area contributed by atoms with Crippen LogP contribution in [0.2, 0.25) is 0 Å². The van der Waals surface area contributed by atoms with E-state index in [1.807, 2.05) is 58.7 Å². The number of hydrogen-bond acceptors (Lipinski definition) is 6. The fourth-order valence-electron chi connectivity index (χ4n) is 5.70. The first-order valence-corrected chi connectivity index (χ1v) is 15.1. The van der Waals surface area contributed by atoms with Crippen molar-refractivity contribution in [2.24, 2.45) is 0 Å². The molecule has 0 radical (unpaired) electrons. The summed E-state index contributed by atoms with van der Waals surface area (Å²) in [6, 6.07) is 18.2. The van der Waals surface area contributed by atoms with E-state index in [2.05, 4.69) is 25.1 Å². The normalized spacial score (nSPS) is 17.4. The van der Waals surface area contributed by atoms with Gasteiger partial charge in [-0.2, -0.15) is 15.3 Å². The molecule has 4 aromatic rings. The van der Waals surface area contributed by atoms with E-state index in [0.717, 1.165) is 66.5 Å².